The maximum Gasteiger partial charge on any atom is 0.349 e. The van der Waals surface area contributed by atoms with Crippen LogP contribution in [0.2, 0.25) is 10.0 Å². The molecule has 1 aromatic heterocycles. The summed E-state index contributed by atoms with van der Waals surface area (Å²) in [7, 11) is 0. The maximum atomic E-state index is 13.2. The van der Waals surface area contributed by atoms with Gasteiger partial charge in [-0.2, -0.15) is 20.1 Å². The van der Waals surface area contributed by atoms with Crippen LogP contribution in [0.25, 0.3) is 0 Å². The molecule has 0 saturated heterocycles. The molecule has 0 aliphatic heterocycles. The fourth-order valence-corrected chi connectivity index (χ4v) is 3.45. The van der Waals surface area contributed by atoms with Crippen molar-refractivity contribution < 1.29 is 28.2 Å². The molecule has 0 spiro atoms. The number of halogens is 4. The fraction of sp³-hybridized carbons (Fsp3) is 0.278. The zero-order valence-corrected chi connectivity index (χ0v) is 17.4. The summed E-state index contributed by atoms with van der Waals surface area (Å²) in [6, 6.07) is 1.38. The normalized spacial score (nSPS) is 15.0. The summed E-state index contributed by atoms with van der Waals surface area (Å²) in [5.74, 6) is -4.46. The molecule has 1 fully saturated rings. The lowest BCUT2D eigenvalue weighted by atomic mass is 9.79. The Morgan fingerprint density at radius 2 is 1.97 bits per heavy atom. The zero-order chi connectivity index (χ0) is 22.9. The Kier molecular flexibility index (Phi) is 6.27. The van der Waals surface area contributed by atoms with Crippen LogP contribution in [0.5, 0.6) is 17.5 Å². The number of anilines is 1. The van der Waals surface area contributed by atoms with Crippen molar-refractivity contribution in [3.05, 3.63) is 34.1 Å². The Labute approximate surface area is 184 Å². The SMILES string of the molecule is C=NN(C(=O)NC(C)=O)c1cc(Cl)c(Oc2ncc(O)c(C3CC(F)(F)C3)n2)c(Cl)c1. The number of carbonyl (C=O) groups excluding carboxylic acids is 2. The smallest absolute Gasteiger partial charge is 0.349 e. The van der Waals surface area contributed by atoms with Gasteiger partial charge in [0, 0.05) is 32.4 Å². The minimum absolute atomic E-state index is 0.0303. The van der Waals surface area contributed by atoms with Gasteiger partial charge in [-0.3, -0.25) is 10.1 Å². The topological polar surface area (TPSA) is 117 Å². The predicted octanol–water partition coefficient (Wildman–Crippen LogP) is 4.47. The van der Waals surface area contributed by atoms with Gasteiger partial charge in [-0.05, 0) is 12.1 Å². The minimum atomic E-state index is -2.80. The number of benzene rings is 1. The monoisotopic (exact) mass is 473 g/mol. The van der Waals surface area contributed by atoms with E-state index >= 15 is 0 Å². The van der Waals surface area contributed by atoms with Crippen molar-refractivity contribution in [1.82, 2.24) is 15.3 Å². The second-order valence-electron chi connectivity index (χ2n) is 6.66. The van der Waals surface area contributed by atoms with E-state index in [0.717, 1.165) is 18.1 Å². The number of rotatable bonds is 5. The number of hydrogen-bond donors (Lipinski definition) is 2. The highest BCUT2D eigenvalue weighted by Crippen LogP contribution is 2.50. The van der Waals surface area contributed by atoms with Crippen LogP contribution in [0.15, 0.2) is 23.4 Å². The number of urea groups is 1. The largest absolute Gasteiger partial charge is 0.504 e. The van der Waals surface area contributed by atoms with Crippen molar-refractivity contribution in [3.8, 4) is 17.5 Å². The van der Waals surface area contributed by atoms with Gasteiger partial charge in [0.2, 0.25) is 11.8 Å². The summed E-state index contributed by atoms with van der Waals surface area (Å²) in [6.45, 7) is 4.41. The highest BCUT2D eigenvalue weighted by molar-refractivity contribution is 6.37. The molecule has 0 bridgehead atoms. The van der Waals surface area contributed by atoms with Crippen molar-refractivity contribution in [2.45, 2.75) is 31.6 Å². The van der Waals surface area contributed by atoms with Crippen molar-refractivity contribution in [1.29, 1.82) is 0 Å². The summed E-state index contributed by atoms with van der Waals surface area (Å²) in [6.07, 6.45) is 0.139. The first kappa shape index (κ1) is 22.6. The van der Waals surface area contributed by atoms with Gasteiger partial charge >= 0.3 is 12.0 Å². The molecule has 9 nitrogen and oxygen atoms in total. The number of nitrogens with zero attached hydrogens (tertiary/aromatic N) is 4. The molecular formula is C18H15Cl2F2N5O4. The molecule has 0 radical (unpaired) electrons. The first-order valence-corrected chi connectivity index (χ1v) is 9.45. The van der Waals surface area contributed by atoms with Gasteiger partial charge in [-0.1, -0.05) is 23.2 Å². The molecular weight excluding hydrogens is 459 g/mol. The number of hydrogen-bond acceptors (Lipinski definition) is 7. The number of nitrogens with one attached hydrogen (secondary N) is 1. The van der Waals surface area contributed by atoms with Gasteiger partial charge in [-0.15, -0.1) is 0 Å². The third-order valence-electron chi connectivity index (χ3n) is 4.29. The number of alkyl halides is 2. The van der Waals surface area contributed by atoms with Crippen LogP contribution in [0.4, 0.5) is 19.3 Å². The Bertz CT molecular complexity index is 1040. The molecule has 31 heavy (non-hydrogen) atoms. The van der Waals surface area contributed by atoms with E-state index in [0.29, 0.717) is 0 Å². The summed E-state index contributed by atoms with van der Waals surface area (Å²) in [4.78, 5) is 30.9. The Balaban J connectivity index is 1.85. The lowest BCUT2D eigenvalue weighted by molar-refractivity contribution is -0.117. The molecule has 2 N–H and O–H groups in total. The minimum Gasteiger partial charge on any atom is -0.504 e. The number of aromatic nitrogens is 2. The van der Waals surface area contributed by atoms with E-state index in [1.807, 2.05) is 5.32 Å². The van der Waals surface area contributed by atoms with Gasteiger partial charge in [0.05, 0.1) is 27.6 Å². The Morgan fingerprint density at radius 1 is 1.35 bits per heavy atom. The van der Waals surface area contributed by atoms with Crippen molar-refractivity contribution in [2.24, 2.45) is 5.10 Å². The first-order chi connectivity index (χ1) is 14.5. The summed E-state index contributed by atoms with van der Waals surface area (Å²) in [5, 5.41) is 16.1. The molecule has 1 aliphatic rings. The van der Waals surface area contributed by atoms with Crippen LogP contribution in [-0.2, 0) is 4.79 Å². The van der Waals surface area contributed by atoms with Crippen molar-refractivity contribution in [3.63, 3.8) is 0 Å². The highest BCUT2D eigenvalue weighted by Gasteiger charge is 2.47. The van der Waals surface area contributed by atoms with Crippen LogP contribution < -0.4 is 15.1 Å². The summed E-state index contributed by atoms with van der Waals surface area (Å²) < 4.78 is 31.8. The summed E-state index contributed by atoms with van der Waals surface area (Å²) >= 11 is 12.4. The molecule has 0 atom stereocenters. The molecule has 1 aliphatic carbocycles. The number of ether oxygens (including phenoxy) is 1. The maximum absolute atomic E-state index is 13.2. The third kappa shape index (κ3) is 5.00. The van der Waals surface area contributed by atoms with E-state index in [1.165, 1.54) is 12.1 Å². The molecule has 2 aromatic rings. The lowest BCUT2D eigenvalue weighted by Gasteiger charge is -2.34. The van der Waals surface area contributed by atoms with E-state index in [9.17, 15) is 23.5 Å². The molecule has 1 saturated carbocycles. The average Bonchev–Trinajstić information content (AvgIpc) is 2.64. The van der Waals surface area contributed by atoms with Crippen LogP contribution in [0.1, 0.15) is 31.4 Å². The highest BCUT2D eigenvalue weighted by atomic mass is 35.5. The number of amides is 3. The number of imide groups is 1. The van der Waals surface area contributed by atoms with E-state index in [1.54, 1.807) is 0 Å². The van der Waals surface area contributed by atoms with Crippen molar-refractivity contribution in [2.75, 3.05) is 5.01 Å². The van der Waals surface area contributed by atoms with E-state index in [2.05, 4.69) is 21.8 Å². The Hall–Kier alpha value is -3.05. The Morgan fingerprint density at radius 3 is 2.48 bits per heavy atom. The number of hydrazone groups is 1. The van der Waals surface area contributed by atoms with E-state index in [4.69, 9.17) is 27.9 Å². The zero-order valence-electron chi connectivity index (χ0n) is 15.9. The molecule has 13 heteroatoms. The van der Waals surface area contributed by atoms with Crippen molar-refractivity contribution >= 4 is 47.5 Å². The van der Waals surface area contributed by atoms with Gasteiger partial charge in [0.1, 0.15) is 0 Å². The van der Waals surface area contributed by atoms with Gasteiger partial charge < -0.3 is 9.84 Å². The summed E-state index contributed by atoms with van der Waals surface area (Å²) in [5.41, 5.74) is 0.114. The third-order valence-corrected chi connectivity index (χ3v) is 4.85. The molecule has 0 unspecified atom stereocenters. The first-order valence-electron chi connectivity index (χ1n) is 8.69. The van der Waals surface area contributed by atoms with Gasteiger partial charge in [-0.25, -0.2) is 13.6 Å². The lowest BCUT2D eigenvalue weighted by Crippen LogP contribution is -2.39. The molecule has 3 amide bonds. The second kappa shape index (κ2) is 8.60. The number of carbonyl (C=O) groups is 2. The fourth-order valence-electron chi connectivity index (χ4n) is 2.90. The van der Waals surface area contributed by atoms with Crippen LogP contribution in [0, 0.1) is 0 Å². The van der Waals surface area contributed by atoms with Crippen LogP contribution in [0.3, 0.4) is 0 Å². The second-order valence-corrected chi connectivity index (χ2v) is 7.48. The van der Waals surface area contributed by atoms with Crippen LogP contribution >= 0.6 is 23.2 Å². The molecule has 1 heterocycles. The standard InChI is InChI=1S/C18H15Cl2F2N5O4/c1-8(28)25-17(30)27(23-2)10-3-11(19)15(12(20)4-10)31-16-24-7-13(29)14(26-16)9-5-18(21,22)6-9/h3-4,7,9,29H,2,5-6H2,1H3,(H,25,28,30). The van der Waals surface area contributed by atoms with Gasteiger partial charge in [0.15, 0.2) is 11.5 Å². The quantitative estimate of drug-likeness (QED) is 0.488. The number of aromatic hydroxyl groups is 1. The van der Waals surface area contributed by atoms with Gasteiger partial charge in [0.25, 0.3) is 0 Å². The molecule has 164 valence electrons. The predicted molar refractivity (Wildman–Crippen MR) is 108 cm³/mol. The molecule has 1 aromatic carbocycles. The van der Waals surface area contributed by atoms with Crippen LogP contribution in [-0.4, -0.2) is 39.7 Å². The van der Waals surface area contributed by atoms with E-state index < -0.39 is 36.6 Å². The average molecular weight is 474 g/mol. The molecule has 3 rings (SSSR count). The van der Waals surface area contributed by atoms with E-state index in [-0.39, 0.29) is 38.9 Å².